The van der Waals surface area contributed by atoms with E-state index in [1.54, 1.807) is 24.3 Å². The summed E-state index contributed by atoms with van der Waals surface area (Å²) in [6.45, 7) is 0. The third kappa shape index (κ3) is 3.87. The van der Waals surface area contributed by atoms with Crippen LogP contribution in [0.5, 0.6) is 0 Å². The third-order valence-electron chi connectivity index (χ3n) is 4.23. The molecule has 0 saturated heterocycles. The van der Waals surface area contributed by atoms with Crippen LogP contribution >= 0.6 is 22.0 Å². The van der Waals surface area contributed by atoms with Crippen molar-refractivity contribution >= 4 is 59.2 Å². The molecule has 30 heavy (non-hydrogen) atoms. The summed E-state index contributed by atoms with van der Waals surface area (Å²) in [5, 5.41) is 10.9. The molecule has 2 N–H and O–H groups in total. The number of thiophene rings is 1. The molecule has 0 aliphatic heterocycles. The SMILES string of the molecule is O=C(/C(=C(/O)c1cccc(F)c1)c1nc2ccccc2[nH]1)c1ccc(S(=O)(=O)Cl)s1. The minimum atomic E-state index is -4.02. The zero-order chi connectivity index (χ0) is 21.5. The van der Waals surface area contributed by atoms with Gasteiger partial charge in [0.1, 0.15) is 27.2 Å². The first-order valence-electron chi connectivity index (χ1n) is 8.47. The first-order chi connectivity index (χ1) is 14.2. The van der Waals surface area contributed by atoms with Crippen LogP contribution in [0.15, 0.2) is 64.9 Å². The Morgan fingerprint density at radius 3 is 2.53 bits per heavy atom. The second-order valence-corrected chi connectivity index (χ2v) is 10.1. The monoisotopic (exact) mass is 462 g/mol. The lowest BCUT2D eigenvalue weighted by atomic mass is 10.0. The van der Waals surface area contributed by atoms with Gasteiger partial charge >= 0.3 is 0 Å². The highest BCUT2D eigenvalue weighted by Crippen LogP contribution is 2.32. The lowest BCUT2D eigenvalue weighted by molar-refractivity contribution is 0.105. The Morgan fingerprint density at radius 2 is 1.87 bits per heavy atom. The molecule has 0 atom stereocenters. The van der Waals surface area contributed by atoms with E-state index in [2.05, 4.69) is 9.97 Å². The molecule has 0 unspecified atom stereocenters. The number of carbonyl (C=O) groups excluding carboxylic acids is 1. The Morgan fingerprint density at radius 1 is 1.10 bits per heavy atom. The number of para-hydroxylation sites is 2. The van der Waals surface area contributed by atoms with E-state index in [-0.39, 0.29) is 26.0 Å². The number of aliphatic hydroxyl groups excluding tert-OH is 1. The fourth-order valence-corrected chi connectivity index (χ4v) is 4.89. The summed E-state index contributed by atoms with van der Waals surface area (Å²) in [4.78, 5) is 20.6. The summed E-state index contributed by atoms with van der Waals surface area (Å²) in [7, 11) is 1.33. The number of H-pyrrole nitrogens is 1. The normalized spacial score (nSPS) is 12.7. The molecule has 6 nitrogen and oxygen atoms in total. The number of nitrogens with one attached hydrogen (secondary N) is 1. The summed E-state index contributed by atoms with van der Waals surface area (Å²) in [6, 6.07) is 14.6. The smallest absolute Gasteiger partial charge is 0.270 e. The van der Waals surface area contributed by atoms with Gasteiger partial charge < -0.3 is 10.1 Å². The zero-order valence-electron chi connectivity index (χ0n) is 15.0. The second-order valence-electron chi connectivity index (χ2n) is 6.22. The number of aliphatic hydroxyl groups is 1. The van der Waals surface area contributed by atoms with Gasteiger partial charge in [-0.25, -0.2) is 17.8 Å². The Bertz CT molecular complexity index is 1390. The van der Waals surface area contributed by atoms with Crippen molar-refractivity contribution in [3.8, 4) is 0 Å². The van der Waals surface area contributed by atoms with E-state index >= 15 is 0 Å². The van der Waals surface area contributed by atoms with Crippen molar-refractivity contribution in [3.63, 3.8) is 0 Å². The van der Waals surface area contributed by atoms with Gasteiger partial charge in [-0.05, 0) is 36.4 Å². The van der Waals surface area contributed by atoms with Gasteiger partial charge in [-0.3, -0.25) is 4.79 Å². The first kappa shape index (κ1) is 20.3. The van der Waals surface area contributed by atoms with Crippen LogP contribution in [0.25, 0.3) is 22.4 Å². The van der Waals surface area contributed by atoms with Gasteiger partial charge in [-0.15, -0.1) is 11.3 Å². The van der Waals surface area contributed by atoms with Crippen molar-refractivity contribution < 1.29 is 22.7 Å². The van der Waals surface area contributed by atoms with Crippen LogP contribution in [0.2, 0.25) is 0 Å². The highest BCUT2D eigenvalue weighted by atomic mass is 35.7. The number of benzene rings is 2. The van der Waals surface area contributed by atoms with Crippen molar-refractivity contribution in [1.82, 2.24) is 9.97 Å². The number of allylic oxidation sites excluding steroid dienone is 1. The number of carbonyl (C=O) groups is 1. The highest BCUT2D eigenvalue weighted by Gasteiger charge is 2.26. The number of imidazole rings is 1. The maximum absolute atomic E-state index is 13.7. The molecule has 152 valence electrons. The van der Waals surface area contributed by atoms with E-state index in [4.69, 9.17) is 10.7 Å². The van der Waals surface area contributed by atoms with Crippen molar-refractivity contribution in [1.29, 1.82) is 0 Å². The van der Waals surface area contributed by atoms with Crippen LogP contribution < -0.4 is 0 Å². The molecule has 0 spiro atoms. The molecule has 0 radical (unpaired) electrons. The number of aromatic amines is 1. The first-order valence-corrected chi connectivity index (χ1v) is 11.6. The number of ketones is 1. The van der Waals surface area contributed by atoms with E-state index < -0.39 is 26.4 Å². The summed E-state index contributed by atoms with van der Waals surface area (Å²) in [6.07, 6.45) is 0. The summed E-state index contributed by atoms with van der Waals surface area (Å²) < 4.78 is 36.6. The van der Waals surface area contributed by atoms with Crippen molar-refractivity contribution in [2.24, 2.45) is 0 Å². The van der Waals surface area contributed by atoms with Gasteiger partial charge in [0.25, 0.3) is 9.05 Å². The number of fused-ring (bicyclic) bond motifs is 1. The molecule has 0 aliphatic carbocycles. The predicted molar refractivity (Wildman–Crippen MR) is 114 cm³/mol. The lowest BCUT2D eigenvalue weighted by Crippen LogP contribution is -2.06. The number of hydrogen-bond donors (Lipinski definition) is 2. The van der Waals surface area contributed by atoms with E-state index in [9.17, 15) is 22.7 Å². The van der Waals surface area contributed by atoms with E-state index in [0.29, 0.717) is 22.4 Å². The summed E-state index contributed by atoms with van der Waals surface area (Å²) in [5.41, 5.74) is 1.03. The molecule has 10 heteroatoms. The maximum Gasteiger partial charge on any atom is 0.270 e. The number of Topliss-reactive ketones (excluding diaryl/α,β-unsaturated/α-hetero) is 1. The molecular weight excluding hydrogens is 451 g/mol. The molecule has 0 amide bonds. The summed E-state index contributed by atoms with van der Waals surface area (Å²) >= 11 is 0.663. The zero-order valence-corrected chi connectivity index (χ0v) is 17.4. The minimum absolute atomic E-state index is 0.0210. The van der Waals surface area contributed by atoms with Gasteiger partial charge in [0.2, 0.25) is 5.78 Å². The molecule has 0 bridgehead atoms. The molecule has 0 fully saturated rings. The van der Waals surface area contributed by atoms with Crippen LogP contribution in [-0.4, -0.2) is 29.3 Å². The number of hydrogen-bond acceptors (Lipinski definition) is 6. The highest BCUT2D eigenvalue weighted by molar-refractivity contribution is 8.15. The Hall–Kier alpha value is -3.01. The topological polar surface area (TPSA) is 100 Å². The molecule has 0 aliphatic rings. The quantitative estimate of drug-likeness (QED) is 0.188. The van der Waals surface area contributed by atoms with Crippen LogP contribution in [0.1, 0.15) is 21.1 Å². The lowest BCUT2D eigenvalue weighted by Gasteiger charge is -2.08. The number of rotatable bonds is 5. The summed E-state index contributed by atoms with van der Waals surface area (Å²) in [5.74, 6) is -1.72. The van der Waals surface area contributed by atoms with Gasteiger partial charge in [0.05, 0.1) is 15.9 Å². The van der Waals surface area contributed by atoms with Gasteiger partial charge in [-0.1, -0.05) is 24.3 Å². The second kappa shape index (κ2) is 7.67. The minimum Gasteiger partial charge on any atom is -0.506 e. The van der Waals surface area contributed by atoms with E-state index in [1.807, 2.05) is 0 Å². The third-order valence-corrected chi connectivity index (χ3v) is 7.41. The predicted octanol–water partition coefficient (Wildman–Crippen LogP) is 5.00. The molecule has 2 aromatic heterocycles. The van der Waals surface area contributed by atoms with Crippen molar-refractivity contribution in [2.75, 3.05) is 0 Å². The molecule has 4 rings (SSSR count). The van der Waals surface area contributed by atoms with E-state index in [1.165, 1.54) is 30.3 Å². The van der Waals surface area contributed by atoms with Crippen LogP contribution in [-0.2, 0) is 9.05 Å². The fraction of sp³-hybridized carbons (Fsp3) is 0. The number of aromatic nitrogens is 2. The Labute approximate surface area is 178 Å². The Kier molecular flexibility index (Phi) is 5.19. The van der Waals surface area contributed by atoms with Crippen LogP contribution in [0, 0.1) is 5.82 Å². The largest absolute Gasteiger partial charge is 0.506 e. The average molecular weight is 463 g/mol. The molecule has 2 aromatic carbocycles. The standard InChI is InChI=1S/C20H12ClFN2O4S2/c21-30(27,28)16-9-8-15(29-16)19(26)17(18(25)11-4-3-5-12(22)10-11)20-23-13-6-1-2-7-14(13)24-20/h1-10,25H,(H,23,24)/b18-17-. The van der Waals surface area contributed by atoms with Crippen molar-refractivity contribution in [2.45, 2.75) is 4.21 Å². The van der Waals surface area contributed by atoms with Gasteiger partial charge in [0.15, 0.2) is 0 Å². The van der Waals surface area contributed by atoms with Gasteiger partial charge in [0, 0.05) is 16.2 Å². The molecule has 2 heterocycles. The Balaban J connectivity index is 1.92. The van der Waals surface area contributed by atoms with Crippen molar-refractivity contribution in [3.05, 3.63) is 82.7 Å². The molecular formula is C20H12ClFN2O4S2. The van der Waals surface area contributed by atoms with Crippen LogP contribution in [0.4, 0.5) is 4.39 Å². The molecule has 4 aromatic rings. The number of halogens is 2. The molecule has 0 saturated carbocycles. The maximum atomic E-state index is 13.7. The van der Waals surface area contributed by atoms with Gasteiger partial charge in [-0.2, -0.15) is 0 Å². The average Bonchev–Trinajstić information content (AvgIpc) is 3.35. The number of nitrogens with zero attached hydrogens (tertiary/aromatic N) is 1. The fourth-order valence-electron chi connectivity index (χ4n) is 2.87. The van der Waals surface area contributed by atoms with E-state index in [0.717, 1.165) is 6.07 Å². The van der Waals surface area contributed by atoms with Crippen LogP contribution in [0.3, 0.4) is 0 Å².